The monoisotopic (exact) mass is 327 g/mol. The summed E-state index contributed by atoms with van der Waals surface area (Å²) < 4.78 is 45.0. The number of carbonyl (C=O) groups excluding carboxylic acids is 2. The third-order valence-electron chi connectivity index (χ3n) is 4.49. The Bertz CT molecular complexity index is 644. The van der Waals surface area contributed by atoms with E-state index in [0.717, 1.165) is 0 Å². The Labute approximate surface area is 131 Å². The second-order valence-corrected chi connectivity index (χ2v) is 6.01. The van der Waals surface area contributed by atoms with Gasteiger partial charge >= 0.3 is 6.18 Å². The maximum Gasteiger partial charge on any atom is 0.395 e. The van der Waals surface area contributed by atoms with Gasteiger partial charge in [0.05, 0.1) is 24.0 Å². The van der Waals surface area contributed by atoms with Crippen LogP contribution in [-0.4, -0.2) is 30.1 Å². The molecule has 3 rings (SSSR count). The molecule has 2 saturated heterocycles. The molecular formula is C16H16F3NO3. The van der Waals surface area contributed by atoms with Gasteiger partial charge < -0.3 is 10.1 Å². The van der Waals surface area contributed by atoms with Crippen LogP contribution in [0.5, 0.6) is 0 Å². The smallest absolute Gasteiger partial charge is 0.373 e. The van der Waals surface area contributed by atoms with Crippen LogP contribution in [0, 0.1) is 11.8 Å². The van der Waals surface area contributed by atoms with E-state index >= 15 is 0 Å². The van der Waals surface area contributed by atoms with E-state index in [-0.39, 0.29) is 5.78 Å². The van der Waals surface area contributed by atoms with E-state index in [4.69, 9.17) is 4.74 Å². The highest BCUT2D eigenvalue weighted by Gasteiger charge is 2.62. The summed E-state index contributed by atoms with van der Waals surface area (Å²) in [6, 6.07) is 6.15. The summed E-state index contributed by atoms with van der Waals surface area (Å²) in [6.45, 7) is 1.38. The lowest BCUT2D eigenvalue weighted by atomic mass is 9.78. The average Bonchev–Trinajstić information content (AvgIpc) is 3.07. The molecule has 23 heavy (non-hydrogen) atoms. The third-order valence-corrected chi connectivity index (χ3v) is 4.49. The fraction of sp³-hybridized carbons (Fsp3) is 0.500. The molecule has 0 saturated carbocycles. The lowest BCUT2D eigenvalue weighted by Crippen LogP contribution is -2.44. The van der Waals surface area contributed by atoms with Crippen molar-refractivity contribution in [3.63, 3.8) is 0 Å². The van der Waals surface area contributed by atoms with Crippen molar-refractivity contribution in [2.24, 2.45) is 11.8 Å². The normalized spacial score (nSPS) is 29.6. The summed E-state index contributed by atoms with van der Waals surface area (Å²) in [5.41, 5.74) is 0.700. The Balaban J connectivity index is 1.80. The molecule has 0 radical (unpaired) electrons. The molecule has 1 N–H and O–H groups in total. The van der Waals surface area contributed by atoms with Gasteiger partial charge in [-0.05, 0) is 31.9 Å². The number of hydrogen-bond acceptors (Lipinski definition) is 3. The lowest BCUT2D eigenvalue weighted by molar-refractivity contribution is -0.196. The van der Waals surface area contributed by atoms with Gasteiger partial charge in [-0.25, -0.2) is 0 Å². The van der Waals surface area contributed by atoms with Crippen molar-refractivity contribution in [3.05, 3.63) is 29.8 Å². The predicted molar refractivity (Wildman–Crippen MR) is 76.0 cm³/mol. The molecular weight excluding hydrogens is 311 g/mol. The van der Waals surface area contributed by atoms with Gasteiger partial charge in [0.15, 0.2) is 5.78 Å². The van der Waals surface area contributed by atoms with E-state index in [1.54, 1.807) is 18.2 Å². The number of ether oxygens (including phenoxy) is 1. The van der Waals surface area contributed by atoms with Crippen molar-refractivity contribution in [1.82, 2.24) is 0 Å². The number of halogens is 3. The first-order valence-corrected chi connectivity index (χ1v) is 7.41. The number of hydrogen-bond donors (Lipinski definition) is 1. The zero-order valence-electron chi connectivity index (χ0n) is 12.4. The van der Waals surface area contributed by atoms with Crippen LogP contribution in [0.4, 0.5) is 18.9 Å². The van der Waals surface area contributed by atoms with Gasteiger partial charge in [-0.3, -0.25) is 9.59 Å². The molecule has 0 aromatic heterocycles. The summed E-state index contributed by atoms with van der Waals surface area (Å²) in [5, 5.41) is 2.49. The molecule has 2 bridgehead atoms. The molecule has 124 valence electrons. The fourth-order valence-electron chi connectivity index (χ4n) is 3.47. The number of Topliss-reactive ketones (excluding diaryl/α,β-unsaturated/α-hetero) is 1. The highest BCUT2D eigenvalue weighted by molar-refractivity contribution is 5.98. The quantitative estimate of drug-likeness (QED) is 0.868. The number of ketones is 1. The summed E-state index contributed by atoms with van der Waals surface area (Å²) in [6.07, 6.45) is -5.30. The Kier molecular flexibility index (Phi) is 3.91. The number of rotatable bonds is 3. The minimum atomic E-state index is -4.47. The van der Waals surface area contributed by atoms with Gasteiger partial charge in [0.2, 0.25) is 5.91 Å². The zero-order valence-corrected chi connectivity index (χ0v) is 12.4. The minimum absolute atomic E-state index is 0.183. The summed E-state index contributed by atoms with van der Waals surface area (Å²) >= 11 is 0. The first-order chi connectivity index (χ1) is 10.8. The van der Waals surface area contributed by atoms with Crippen molar-refractivity contribution in [2.75, 3.05) is 5.32 Å². The topological polar surface area (TPSA) is 55.4 Å². The summed E-state index contributed by atoms with van der Waals surface area (Å²) in [7, 11) is 0. The maximum atomic E-state index is 13.2. The molecule has 2 fully saturated rings. The Morgan fingerprint density at radius 3 is 2.57 bits per heavy atom. The number of alkyl halides is 3. The Hall–Kier alpha value is -1.89. The molecule has 4 unspecified atom stereocenters. The molecule has 4 atom stereocenters. The average molecular weight is 327 g/mol. The zero-order chi connectivity index (χ0) is 16.8. The highest BCUT2D eigenvalue weighted by atomic mass is 19.4. The van der Waals surface area contributed by atoms with Crippen molar-refractivity contribution in [2.45, 2.75) is 38.1 Å². The number of benzene rings is 1. The van der Waals surface area contributed by atoms with E-state index in [9.17, 15) is 22.8 Å². The number of anilines is 1. The van der Waals surface area contributed by atoms with E-state index in [1.165, 1.54) is 13.0 Å². The third kappa shape index (κ3) is 2.97. The summed E-state index contributed by atoms with van der Waals surface area (Å²) in [5.74, 6) is -3.90. The highest BCUT2D eigenvalue weighted by Crippen LogP contribution is 2.50. The second-order valence-electron chi connectivity index (χ2n) is 6.01. The van der Waals surface area contributed by atoms with Crippen LogP contribution in [0.15, 0.2) is 24.3 Å². The predicted octanol–water partition coefficient (Wildman–Crippen LogP) is 3.18. The first-order valence-electron chi connectivity index (χ1n) is 7.41. The van der Waals surface area contributed by atoms with Crippen molar-refractivity contribution >= 4 is 17.4 Å². The molecule has 4 nitrogen and oxygen atoms in total. The van der Waals surface area contributed by atoms with Crippen LogP contribution in [0.1, 0.15) is 30.1 Å². The van der Waals surface area contributed by atoms with E-state index in [1.807, 2.05) is 0 Å². The molecule has 0 spiro atoms. The van der Waals surface area contributed by atoms with Crippen molar-refractivity contribution in [3.8, 4) is 0 Å². The van der Waals surface area contributed by atoms with Crippen LogP contribution >= 0.6 is 0 Å². The lowest BCUT2D eigenvalue weighted by Gasteiger charge is -2.28. The maximum absolute atomic E-state index is 13.2. The molecule has 2 heterocycles. The minimum Gasteiger partial charge on any atom is -0.373 e. The van der Waals surface area contributed by atoms with Gasteiger partial charge in [0.1, 0.15) is 0 Å². The Morgan fingerprint density at radius 2 is 1.91 bits per heavy atom. The van der Waals surface area contributed by atoms with E-state index in [0.29, 0.717) is 24.1 Å². The second kappa shape index (κ2) is 5.63. The number of amides is 1. The largest absolute Gasteiger partial charge is 0.395 e. The number of carbonyl (C=O) groups is 2. The molecule has 1 aromatic rings. The molecule has 1 aromatic carbocycles. The van der Waals surface area contributed by atoms with E-state index < -0.39 is 36.1 Å². The SMILES string of the molecule is CC(=O)c1cccc(NC(=O)C2C3CCC(O3)C2C(F)(F)F)c1. The van der Waals surface area contributed by atoms with Crippen LogP contribution in [0.25, 0.3) is 0 Å². The summed E-state index contributed by atoms with van der Waals surface area (Å²) in [4.78, 5) is 23.7. The van der Waals surface area contributed by atoms with Gasteiger partial charge in [-0.2, -0.15) is 13.2 Å². The number of fused-ring (bicyclic) bond motifs is 2. The van der Waals surface area contributed by atoms with Crippen molar-refractivity contribution in [1.29, 1.82) is 0 Å². The van der Waals surface area contributed by atoms with Gasteiger partial charge in [-0.15, -0.1) is 0 Å². The van der Waals surface area contributed by atoms with Crippen LogP contribution in [-0.2, 0) is 9.53 Å². The van der Waals surface area contributed by atoms with Gasteiger partial charge in [0, 0.05) is 11.3 Å². The van der Waals surface area contributed by atoms with Crippen LogP contribution < -0.4 is 5.32 Å². The standard InChI is InChI=1S/C16H16F3NO3/c1-8(21)9-3-2-4-10(7-9)20-15(22)13-11-5-6-12(23-11)14(13)16(17,18)19/h2-4,7,11-14H,5-6H2,1H3,(H,20,22). The molecule has 2 aliphatic heterocycles. The van der Waals surface area contributed by atoms with Crippen molar-refractivity contribution < 1.29 is 27.5 Å². The fourth-order valence-corrected chi connectivity index (χ4v) is 3.47. The van der Waals surface area contributed by atoms with Crippen LogP contribution in [0.2, 0.25) is 0 Å². The molecule has 1 amide bonds. The Morgan fingerprint density at radius 1 is 1.22 bits per heavy atom. The molecule has 0 aliphatic carbocycles. The molecule has 7 heteroatoms. The molecule has 2 aliphatic rings. The van der Waals surface area contributed by atoms with Crippen LogP contribution in [0.3, 0.4) is 0 Å². The van der Waals surface area contributed by atoms with Gasteiger partial charge in [-0.1, -0.05) is 12.1 Å². The first kappa shape index (κ1) is 16.0. The van der Waals surface area contributed by atoms with Gasteiger partial charge in [0.25, 0.3) is 0 Å². The van der Waals surface area contributed by atoms with E-state index in [2.05, 4.69) is 5.32 Å². The number of nitrogens with one attached hydrogen (secondary N) is 1.